The fourth-order valence-corrected chi connectivity index (χ4v) is 18.5. The number of nitrogens with zero attached hydrogens (tertiary/aromatic N) is 11. The number of H-pyrrole nitrogens is 1. The molecule has 0 aliphatic carbocycles. The van der Waals surface area contributed by atoms with Gasteiger partial charge in [0.2, 0.25) is 11.6 Å². The van der Waals surface area contributed by atoms with E-state index in [-0.39, 0.29) is 75.5 Å². The third-order valence-corrected chi connectivity index (χ3v) is 24.8. The molecular weight excluding hydrogens is 1360 g/mol. The van der Waals surface area contributed by atoms with Crippen LogP contribution in [0.3, 0.4) is 0 Å². The van der Waals surface area contributed by atoms with Crippen molar-refractivity contribution >= 4 is 106 Å². The second-order valence-electron chi connectivity index (χ2n) is 25.3. The summed E-state index contributed by atoms with van der Waals surface area (Å²) < 4.78 is 101. The number of imidazole rings is 3. The van der Waals surface area contributed by atoms with E-state index in [9.17, 15) is 58.8 Å². The first kappa shape index (κ1) is 75.5. The normalized spacial score (nSPS) is 17.7. The quantitative estimate of drug-likeness (QED) is 0.0681. The lowest BCUT2D eigenvalue weighted by atomic mass is 10.1. The number of ketones is 2. The molecular formula is C62H80N12O16S6. The highest BCUT2D eigenvalue weighted by atomic mass is 32.3. The third-order valence-electron chi connectivity index (χ3n) is 14.3. The van der Waals surface area contributed by atoms with Gasteiger partial charge in [0.05, 0.1) is 41.0 Å². The number of piperazine rings is 3. The number of aldehydes is 1. The fraction of sp³-hybridized carbons (Fsp3) is 0.452. The number of rotatable bonds is 12. The molecule has 9 heterocycles. The van der Waals surface area contributed by atoms with E-state index in [1.807, 2.05) is 33.8 Å². The van der Waals surface area contributed by atoms with Crippen molar-refractivity contribution in [2.75, 3.05) is 58.9 Å². The Kier molecular flexibility index (Phi) is 24.5. The Balaban J connectivity index is 0.000000196. The largest absolute Gasteiger partial charge is 0.444 e. The van der Waals surface area contributed by atoms with E-state index in [1.165, 1.54) is 84.7 Å². The predicted octanol–water partition coefficient (Wildman–Crippen LogP) is 8.44. The van der Waals surface area contributed by atoms with Gasteiger partial charge in [-0.3, -0.25) is 19.2 Å². The molecule has 7 aromatic rings. The number of ether oxygens (including phenoxy) is 3. The number of carbonyl (C=O) groups excluding carboxylic acids is 7. The molecule has 3 aliphatic heterocycles. The first-order valence-electron chi connectivity index (χ1n) is 30.2. The number of aryl methyl sites for hydroxylation is 1. The number of hydrogen-bond acceptors (Lipinski definition) is 22. The lowest BCUT2D eigenvalue weighted by molar-refractivity contribution is 0.0136. The molecule has 3 saturated heterocycles. The van der Waals surface area contributed by atoms with Crippen molar-refractivity contribution < 1.29 is 73.0 Å². The summed E-state index contributed by atoms with van der Waals surface area (Å²) in [5, 5.41) is 1.74. The van der Waals surface area contributed by atoms with E-state index in [0.29, 0.717) is 52.2 Å². The number of nitrogens with one attached hydrogen (secondary N) is 1. The van der Waals surface area contributed by atoms with Gasteiger partial charge >= 0.3 is 18.3 Å². The minimum atomic E-state index is -3.92. The first-order valence-corrected chi connectivity index (χ1v) is 37.0. The highest BCUT2D eigenvalue weighted by Gasteiger charge is 2.41. The summed E-state index contributed by atoms with van der Waals surface area (Å²) in [5.74, 6) is -0.957. The molecule has 0 bridgehead atoms. The number of amides is 3. The average Bonchev–Trinajstić information content (AvgIpc) is 1.35. The maximum absolute atomic E-state index is 13.4. The zero-order chi connectivity index (χ0) is 70.9. The lowest BCUT2D eigenvalue weighted by Gasteiger charge is -2.39. The van der Waals surface area contributed by atoms with Crippen LogP contribution in [-0.4, -0.2) is 218 Å². The van der Waals surface area contributed by atoms with E-state index >= 15 is 0 Å². The van der Waals surface area contributed by atoms with Gasteiger partial charge in [-0.25, -0.2) is 59.2 Å². The lowest BCUT2D eigenvalue weighted by Crippen LogP contribution is -2.55. The summed E-state index contributed by atoms with van der Waals surface area (Å²) in [7, 11) is -9.40. The van der Waals surface area contributed by atoms with Crippen LogP contribution in [0.4, 0.5) is 14.4 Å². The molecule has 28 nitrogen and oxygen atoms in total. The smallest absolute Gasteiger partial charge is 0.420 e. The zero-order valence-electron chi connectivity index (χ0n) is 55.5. The number of thiophene rings is 3. The van der Waals surface area contributed by atoms with Crippen LogP contribution in [0, 0.1) is 0 Å². The topological polar surface area (TPSA) is 333 Å². The van der Waals surface area contributed by atoms with Crippen LogP contribution in [0.2, 0.25) is 0 Å². The van der Waals surface area contributed by atoms with Crippen LogP contribution < -0.4 is 0 Å². The summed E-state index contributed by atoms with van der Waals surface area (Å²) in [4.78, 5) is 104. The Morgan fingerprint density at radius 3 is 1.41 bits per heavy atom. The van der Waals surface area contributed by atoms with Gasteiger partial charge in [-0.2, -0.15) is 12.9 Å². The molecule has 3 aliphatic rings. The van der Waals surface area contributed by atoms with Crippen molar-refractivity contribution in [3.05, 3.63) is 142 Å². The summed E-state index contributed by atoms with van der Waals surface area (Å²) in [6.45, 7) is 23.4. The summed E-state index contributed by atoms with van der Waals surface area (Å²) in [6, 6.07) is 16.9. The van der Waals surface area contributed by atoms with Crippen molar-refractivity contribution in [3.8, 4) is 0 Å². The first-order chi connectivity index (χ1) is 44.8. The van der Waals surface area contributed by atoms with Gasteiger partial charge in [-0.05, 0) is 131 Å². The molecule has 0 saturated carbocycles. The molecule has 10 rings (SSSR count). The zero-order valence-corrected chi connectivity index (χ0v) is 60.4. The maximum Gasteiger partial charge on any atom is 0.420 e. The summed E-state index contributed by atoms with van der Waals surface area (Å²) in [6.07, 6.45) is 7.45. The molecule has 520 valence electrons. The monoisotopic (exact) mass is 1440 g/mol. The van der Waals surface area contributed by atoms with Crippen molar-refractivity contribution in [2.24, 2.45) is 7.05 Å². The number of aromatic nitrogens is 6. The van der Waals surface area contributed by atoms with Crippen molar-refractivity contribution in [3.63, 3.8) is 0 Å². The Hall–Kier alpha value is -7.83. The second kappa shape index (κ2) is 31.1. The van der Waals surface area contributed by atoms with Crippen LogP contribution in [0.25, 0.3) is 0 Å². The fourth-order valence-electron chi connectivity index (χ4n) is 9.78. The van der Waals surface area contributed by atoms with Gasteiger partial charge in [-0.15, -0.1) is 34.0 Å². The van der Waals surface area contributed by atoms with E-state index in [2.05, 4.69) is 19.9 Å². The van der Waals surface area contributed by atoms with Gasteiger partial charge in [0.25, 0.3) is 36.0 Å². The molecule has 3 amide bonds. The minimum Gasteiger partial charge on any atom is -0.444 e. The molecule has 6 aromatic heterocycles. The number of carbonyl (C=O) groups is 7. The van der Waals surface area contributed by atoms with Crippen LogP contribution >= 0.6 is 34.0 Å². The number of sulfonamides is 3. The van der Waals surface area contributed by atoms with Gasteiger partial charge in [-0.1, -0.05) is 24.3 Å². The van der Waals surface area contributed by atoms with Gasteiger partial charge in [0, 0.05) is 89.6 Å². The molecule has 34 heteroatoms. The Morgan fingerprint density at radius 2 is 0.990 bits per heavy atom. The van der Waals surface area contributed by atoms with Crippen LogP contribution in [0.5, 0.6) is 0 Å². The Morgan fingerprint density at radius 1 is 0.531 bits per heavy atom. The summed E-state index contributed by atoms with van der Waals surface area (Å²) in [5.41, 5.74) is -0.512. The van der Waals surface area contributed by atoms with E-state index in [1.54, 1.807) is 125 Å². The molecule has 3 unspecified atom stereocenters. The van der Waals surface area contributed by atoms with Gasteiger partial charge in [0.1, 0.15) is 52.8 Å². The van der Waals surface area contributed by atoms with E-state index in [0.717, 1.165) is 33.5 Å². The average molecular weight is 1440 g/mol. The van der Waals surface area contributed by atoms with Crippen molar-refractivity contribution in [2.45, 2.75) is 131 Å². The van der Waals surface area contributed by atoms with Crippen LogP contribution in [0.1, 0.15) is 135 Å². The third kappa shape index (κ3) is 19.3. The molecule has 1 N–H and O–H groups in total. The Bertz CT molecular complexity index is 4200. The highest BCUT2D eigenvalue weighted by molar-refractivity contribution is 7.92. The van der Waals surface area contributed by atoms with E-state index in [4.69, 9.17) is 14.2 Å². The highest BCUT2D eigenvalue weighted by Crippen LogP contribution is 2.32. The number of aromatic amines is 1. The SMILES string of the molecule is CC1CN(C(=O)OC(C)(C)C)CCN1S(=O)(=O)c1ccc(C(=O)c2cncn2C(=O)OC(C)(C)C)s1.CC1CN(C(=O)OC(C)(C)C)CCN1S(=O)(=O)c1cccs1.CC1CN(C(=O)c2ccccc2)CCN1S(=O)(=O)c1ccc(C(=O)c2cnc[nH]2)s1.Cn1cncc1C=O. The molecule has 0 spiro atoms. The molecule has 96 heavy (non-hydrogen) atoms. The minimum absolute atomic E-state index is 0.00764. The van der Waals surface area contributed by atoms with Gasteiger partial charge in [0.15, 0.2) is 6.29 Å². The van der Waals surface area contributed by atoms with E-state index < -0.39 is 77.0 Å². The van der Waals surface area contributed by atoms with Crippen molar-refractivity contribution in [1.82, 2.24) is 56.7 Å². The van der Waals surface area contributed by atoms with Crippen molar-refractivity contribution in [1.29, 1.82) is 0 Å². The molecule has 3 fully saturated rings. The standard InChI is InChI=1S/C23H32N4O7S2.C20H20N4O4S2.C14H22N2O4S2.C5H6N2O/c1-15-13-25(20(29)33-22(2,3)4)10-11-27(15)36(31,32)18-9-8-17(35-18)19(28)16-12-24-14-26(16)21(30)34-23(5,6)7;1-14-12-23(20(26)15-5-3-2-4-6-15)9-10-24(14)30(27,28)18-8-7-17(29-18)19(25)16-11-21-13-22-16;1-11-10-15(13(17)20-14(2,3)4)7-8-16(11)22(18,19)12-6-5-9-21-12;1-7-4-6-2-5(7)3-8/h8-9,12,14-15H,10-11,13H2,1-7H3;2-8,11,13-14H,9-10,12H2,1H3,(H,21,22);5-6,9,11H,7-8,10H2,1-4H3;2-4H,1H3. The second-order valence-corrected chi connectivity index (χ2v) is 34.8. The number of benzene rings is 1. The van der Waals surface area contributed by atoms with Crippen LogP contribution in [0.15, 0.2) is 122 Å². The molecule has 1 aromatic carbocycles. The number of hydrogen-bond donors (Lipinski definition) is 1. The maximum atomic E-state index is 13.4. The summed E-state index contributed by atoms with van der Waals surface area (Å²) >= 11 is 2.96. The molecule has 0 radical (unpaired) electrons. The van der Waals surface area contributed by atoms with Crippen LogP contribution in [-0.2, 0) is 51.3 Å². The molecule has 3 atom stereocenters. The van der Waals surface area contributed by atoms with Gasteiger partial charge < -0.3 is 38.5 Å². The predicted molar refractivity (Wildman–Crippen MR) is 359 cm³/mol. The Labute approximate surface area is 570 Å².